The highest BCUT2D eigenvalue weighted by molar-refractivity contribution is 6.32. The Labute approximate surface area is 129 Å². The van der Waals surface area contributed by atoms with Crippen LogP contribution in [0.4, 0.5) is 5.82 Å². The molecule has 0 atom stereocenters. The predicted octanol–water partition coefficient (Wildman–Crippen LogP) is 3.35. The number of nitrogen functional groups attached to an aromatic ring is 1. The molecule has 0 fully saturated rings. The summed E-state index contributed by atoms with van der Waals surface area (Å²) in [6.45, 7) is 2.09. The van der Waals surface area contributed by atoms with Crippen molar-refractivity contribution in [3.63, 3.8) is 0 Å². The summed E-state index contributed by atoms with van der Waals surface area (Å²) < 4.78 is 10.5. The third-order valence-corrected chi connectivity index (χ3v) is 3.28. The molecule has 0 aliphatic heterocycles. The number of anilines is 1. The highest BCUT2D eigenvalue weighted by Gasteiger charge is 2.14. The first-order valence-electron chi connectivity index (χ1n) is 6.64. The smallest absolute Gasteiger partial charge is 0.179 e. The summed E-state index contributed by atoms with van der Waals surface area (Å²) in [5.74, 6) is 1.99. The molecule has 5 nitrogen and oxygen atoms in total. The van der Waals surface area contributed by atoms with Crippen molar-refractivity contribution in [2.45, 2.75) is 19.8 Å². The lowest BCUT2D eigenvalue weighted by Crippen LogP contribution is -2.01. The van der Waals surface area contributed by atoms with Crippen molar-refractivity contribution in [2.24, 2.45) is 0 Å². The van der Waals surface area contributed by atoms with Crippen LogP contribution in [0.3, 0.4) is 0 Å². The van der Waals surface area contributed by atoms with Crippen LogP contribution in [-0.2, 0) is 6.42 Å². The monoisotopic (exact) mass is 307 g/mol. The fourth-order valence-electron chi connectivity index (χ4n) is 2.08. The van der Waals surface area contributed by atoms with E-state index in [0.717, 1.165) is 24.1 Å². The lowest BCUT2D eigenvalue weighted by molar-refractivity contribution is 0.355. The molecule has 0 saturated carbocycles. The van der Waals surface area contributed by atoms with Crippen molar-refractivity contribution < 1.29 is 9.47 Å². The van der Waals surface area contributed by atoms with Gasteiger partial charge in [-0.3, -0.25) is 0 Å². The van der Waals surface area contributed by atoms with E-state index >= 15 is 0 Å². The van der Waals surface area contributed by atoms with Gasteiger partial charge in [0.1, 0.15) is 5.82 Å². The molecule has 0 saturated heterocycles. The highest BCUT2D eigenvalue weighted by Crippen LogP contribution is 2.38. The Morgan fingerprint density at radius 3 is 2.52 bits per heavy atom. The topological polar surface area (TPSA) is 70.3 Å². The molecule has 1 aromatic heterocycles. The van der Waals surface area contributed by atoms with Crippen molar-refractivity contribution in [2.75, 3.05) is 20.0 Å². The van der Waals surface area contributed by atoms with E-state index < -0.39 is 0 Å². The van der Waals surface area contributed by atoms with Crippen LogP contribution in [0, 0.1) is 0 Å². The molecule has 2 aromatic rings. The van der Waals surface area contributed by atoms with E-state index in [1.54, 1.807) is 32.4 Å². The molecular formula is C15H18ClN3O2. The molecule has 0 bridgehead atoms. The first-order chi connectivity index (χ1) is 10.1. The molecule has 0 amide bonds. The van der Waals surface area contributed by atoms with E-state index in [0.29, 0.717) is 28.2 Å². The number of benzene rings is 1. The number of nitrogens with zero attached hydrogens (tertiary/aromatic N) is 2. The third-order valence-electron chi connectivity index (χ3n) is 3.00. The molecule has 0 radical (unpaired) electrons. The minimum atomic E-state index is 0.439. The summed E-state index contributed by atoms with van der Waals surface area (Å²) in [4.78, 5) is 8.79. The Bertz CT molecular complexity index is 647. The Kier molecular flexibility index (Phi) is 4.85. The summed E-state index contributed by atoms with van der Waals surface area (Å²) >= 11 is 6.21. The molecule has 0 aliphatic carbocycles. The van der Waals surface area contributed by atoms with Crippen LogP contribution in [0.25, 0.3) is 11.4 Å². The quantitative estimate of drug-likeness (QED) is 0.917. The second kappa shape index (κ2) is 6.63. The number of nitrogens with two attached hydrogens (primary N) is 1. The second-order valence-electron chi connectivity index (χ2n) is 4.55. The number of rotatable bonds is 5. The molecule has 21 heavy (non-hydrogen) atoms. The molecule has 2 N–H and O–H groups in total. The van der Waals surface area contributed by atoms with Crippen LogP contribution >= 0.6 is 11.6 Å². The zero-order valence-electron chi connectivity index (χ0n) is 12.3. The lowest BCUT2D eigenvalue weighted by atomic mass is 10.1. The van der Waals surface area contributed by atoms with Crippen LogP contribution in [0.1, 0.15) is 19.0 Å². The summed E-state index contributed by atoms with van der Waals surface area (Å²) in [5.41, 5.74) is 7.50. The van der Waals surface area contributed by atoms with Gasteiger partial charge < -0.3 is 15.2 Å². The number of hydrogen-bond donors (Lipinski definition) is 1. The van der Waals surface area contributed by atoms with Gasteiger partial charge in [0.2, 0.25) is 0 Å². The maximum atomic E-state index is 6.21. The largest absolute Gasteiger partial charge is 0.493 e. The van der Waals surface area contributed by atoms with E-state index in [1.807, 2.05) is 0 Å². The van der Waals surface area contributed by atoms with Crippen molar-refractivity contribution in [3.05, 3.63) is 28.9 Å². The van der Waals surface area contributed by atoms with E-state index in [-0.39, 0.29) is 0 Å². The van der Waals surface area contributed by atoms with Gasteiger partial charge in [-0.1, -0.05) is 24.9 Å². The van der Waals surface area contributed by atoms with E-state index in [4.69, 9.17) is 26.8 Å². The predicted molar refractivity (Wildman–Crippen MR) is 84.0 cm³/mol. The lowest BCUT2D eigenvalue weighted by Gasteiger charge is -2.12. The van der Waals surface area contributed by atoms with Crippen molar-refractivity contribution >= 4 is 17.4 Å². The van der Waals surface area contributed by atoms with Crippen LogP contribution < -0.4 is 15.2 Å². The van der Waals surface area contributed by atoms with Crippen molar-refractivity contribution in [3.8, 4) is 22.9 Å². The number of ether oxygens (including phenoxy) is 2. The second-order valence-corrected chi connectivity index (χ2v) is 4.96. The summed E-state index contributed by atoms with van der Waals surface area (Å²) in [6.07, 6.45) is 1.84. The molecule has 1 aromatic carbocycles. The molecule has 112 valence electrons. The number of hydrogen-bond acceptors (Lipinski definition) is 5. The van der Waals surface area contributed by atoms with Gasteiger partial charge in [0.15, 0.2) is 17.3 Å². The van der Waals surface area contributed by atoms with Gasteiger partial charge >= 0.3 is 0 Å². The minimum Gasteiger partial charge on any atom is -0.493 e. The van der Waals surface area contributed by atoms with Gasteiger partial charge in [0, 0.05) is 17.3 Å². The van der Waals surface area contributed by atoms with Gasteiger partial charge in [-0.25, -0.2) is 9.97 Å². The zero-order valence-corrected chi connectivity index (χ0v) is 13.1. The minimum absolute atomic E-state index is 0.439. The average molecular weight is 308 g/mol. The highest BCUT2D eigenvalue weighted by atomic mass is 35.5. The van der Waals surface area contributed by atoms with Crippen molar-refractivity contribution in [1.82, 2.24) is 9.97 Å². The van der Waals surface area contributed by atoms with Gasteiger partial charge in [0.05, 0.1) is 19.2 Å². The number of aryl methyl sites for hydroxylation is 1. The van der Waals surface area contributed by atoms with Crippen LogP contribution in [0.15, 0.2) is 18.2 Å². The molecular weight excluding hydrogens is 290 g/mol. The number of methoxy groups -OCH3 is 2. The van der Waals surface area contributed by atoms with Gasteiger partial charge in [-0.2, -0.15) is 0 Å². The van der Waals surface area contributed by atoms with Crippen LogP contribution in [0.5, 0.6) is 11.5 Å². The molecule has 0 unspecified atom stereocenters. The fraction of sp³-hybridized carbons (Fsp3) is 0.333. The molecule has 2 rings (SSSR count). The van der Waals surface area contributed by atoms with Gasteiger partial charge in [-0.15, -0.1) is 0 Å². The summed E-state index contributed by atoms with van der Waals surface area (Å²) in [6, 6.07) is 5.32. The maximum absolute atomic E-state index is 6.21. The Balaban J connectivity index is 2.53. The van der Waals surface area contributed by atoms with Crippen LogP contribution in [0.2, 0.25) is 5.02 Å². The third kappa shape index (κ3) is 3.36. The number of aromatic nitrogens is 2. The Hall–Kier alpha value is -2.01. The van der Waals surface area contributed by atoms with E-state index in [1.165, 1.54) is 0 Å². The summed E-state index contributed by atoms with van der Waals surface area (Å²) in [5, 5.41) is 0.440. The summed E-state index contributed by atoms with van der Waals surface area (Å²) in [7, 11) is 3.10. The standard InChI is InChI=1S/C15H18ClN3O2/c1-4-5-10-8-13(17)19-15(18-10)9-6-11(16)14(21-3)12(7-9)20-2/h6-8H,4-5H2,1-3H3,(H2,17,18,19). The average Bonchev–Trinajstić information content (AvgIpc) is 2.46. The molecule has 1 heterocycles. The molecule has 0 aliphatic rings. The van der Waals surface area contributed by atoms with E-state index in [9.17, 15) is 0 Å². The Morgan fingerprint density at radius 1 is 1.14 bits per heavy atom. The Morgan fingerprint density at radius 2 is 1.90 bits per heavy atom. The normalized spacial score (nSPS) is 10.5. The number of halogens is 1. The molecule has 6 heteroatoms. The maximum Gasteiger partial charge on any atom is 0.179 e. The van der Waals surface area contributed by atoms with Crippen molar-refractivity contribution in [1.29, 1.82) is 0 Å². The molecule has 0 spiro atoms. The first-order valence-corrected chi connectivity index (χ1v) is 7.02. The fourth-order valence-corrected chi connectivity index (χ4v) is 2.37. The van der Waals surface area contributed by atoms with E-state index in [2.05, 4.69) is 16.9 Å². The SMILES string of the molecule is CCCc1cc(N)nc(-c2cc(Cl)c(OC)c(OC)c2)n1. The zero-order chi connectivity index (χ0) is 15.4. The van der Waals surface area contributed by atoms with Crippen LogP contribution in [-0.4, -0.2) is 24.2 Å². The van der Waals surface area contributed by atoms with Gasteiger partial charge in [0.25, 0.3) is 0 Å². The van der Waals surface area contributed by atoms with Gasteiger partial charge in [-0.05, 0) is 18.6 Å². The first kappa shape index (κ1) is 15.4.